The van der Waals surface area contributed by atoms with Crippen molar-refractivity contribution in [2.45, 2.75) is 8.87 Å². The molecule has 0 saturated carbocycles. The van der Waals surface area contributed by atoms with Crippen LogP contribution < -0.4 is 0 Å². The van der Waals surface area contributed by atoms with Crippen molar-refractivity contribution in [2.24, 2.45) is 0 Å². The van der Waals surface area contributed by atoms with Crippen LogP contribution in [-0.4, -0.2) is 19.7 Å². The fourth-order valence-corrected chi connectivity index (χ4v) is 7.36. The molecule has 0 aliphatic rings. The maximum absolute atomic E-state index is 12.2. The molecule has 0 bridgehead atoms. The predicted molar refractivity (Wildman–Crippen MR) is 76.8 cm³/mol. The first kappa shape index (κ1) is 14.0. The Hall–Kier alpha value is -0.381. The van der Waals surface area contributed by atoms with Crippen LogP contribution in [0.1, 0.15) is 11.1 Å². The van der Waals surface area contributed by atoms with Crippen molar-refractivity contribution in [3.63, 3.8) is 0 Å². The molecule has 18 heavy (non-hydrogen) atoms. The van der Waals surface area contributed by atoms with Gasteiger partial charge >= 0.3 is 125 Å². The zero-order valence-electron chi connectivity index (χ0n) is 9.70. The molecule has 0 heterocycles. The van der Waals surface area contributed by atoms with E-state index in [0.29, 0.717) is 18.9 Å². The van der Waals surface area contributed by atoms with Crippen LogP contribution in [-0.2, 0) is 12.0 Å². The number of hydrogen-bond donors (Lipinski definition) is 0. The summed E-state index contributed by atoms with van der Waals surface area (Å²) < 4.78 is 13.5. The number of halogens is 2. The molecule has 2 rings (SSSR count). The van der Waals surface area contributed by atoms with E-state index in [4.69, 9.17) is 23.2 Å². The van der Waals surface area contributed by atoms with Crippen LogP contribution >= 0.6 is 23.2 Å². The van der Waals surface area contributed by atoms with Gasteiger partial charge in [-0.25, -0.2) is 0 Å². The van der Waals surface area contributed by atoms with Crippen LogP contribution in [0.2, 0.25) is 10.0 Å². The van der Waals surface area contributed by atoms with Gasteiger partial charge in [0.2, 0.25) is 0 Å². The molecule has 0 aliphatic heterocycles. The van der Waals surface area contributed by atoms with E-state index in [1.165, 1.54) is 0 Å². The molecule has 0 fully saturated rings. The Morgan fingerprint density at radius 3 is 1.56 bits per heavy atom. The zero-order valence-corrected chi connectivity index (χ0v) is 14.1. The van der Waals surface area contributed by atoms with E-state index >= 15 is 0 Å². The van der Waals surface area contributed by atoms with Gasteiger partial charge in [0.1, 0.15) is 0 Å². The quantitative estimate of drug-likeness (QED) is 0.718. The molecule has 4 heteroatoms. The molecule has 2 aromatic carbocycles. The van der Waals surface area contributed by atoms with Crippen molar-refractivity contribution in [1.82, 2.24) is 0 Å². The van der Waals surface area contributed by atoms with Gasteiger partial charge in [-0.15, -0.1) is 0 Å². The normalized spacial score (nSPS) is 10.3. The van der Waals surface area contributed by atoms with Gasteiger partial charge in [0, 0.05) is 0 Å². The third kappa shape index (κ3) is 3.80. The van der Waals surface area contributed by atoms with Gasteiger partial charge in [-0.05, 0) is 0 Å². The van der Waals surface area contributed by atoms with Crippen LogP contribution in [0, 0.1) is 0 Å². The summed E-state index contributed by atoms with van der Waals surface area (Å²) in [7, 11) is 0. The van der Waals surface area contributed by atoms with Gasteiger partial charge in [-0.1, -0.05) is 0 Å². The first-order chi connectivity index (χ1) is 8.66. The fourth-order valence-electron chi connectivity index (χ4n) is 1.77. The van der Waals surface area contributed by atoms with Crippen LogP contribution in [0.3, 0.4) is 0 Å². The summed E-state index contributed by atoms with van der Waals surface area (Å²) >= 11 is 9.43. The summed E-state index contributed by atoms with van der Waals surface area (Å²) in [5.74, 6) is 0. The summed E-state index contributed by atoms with van der Waals surface area (Å²) in [5, 5.41) is 1.40. The average Bonchev–Trinajstić information content (AvgIpc) is 2.35. The molecular formula is C14H12Cl2OSn. The molecule has 0 N–H and O–H groups in total. The first-order valence-corrected chi connectivity index (χ1v) is 11.6. The maximum atomic E-state index is 12.2. The molecule has 0 aromatic heterocycles. The van der Waals surface area contributed by atoms with Crippen molar-refractivity contribution in [3.05, 3.63) is 69.7 Å². The predicted octanol–water partition coefficient (Wildman–Crippen LogP) is 4.28. The van der Waals surface area contributed by atoms with E-state index in [9.17, 15) is 3.08 Å². The standard InChI is InChI=1S/2C7H6Cl.O.Sn/c2*1-6-4-2-3-5-7(6)8;;/h2*2-5H,1H2;;. The van der Waals surface area contributed by atoms with Gasteiger partial charge in [-0.2, -0.15) is 0 Å². The van der Waals surface area contributed by atoms with Crippen molar-refractivity contribution in [3.8, 4) is 0 Å². The summed E-state index contributed by atoms with van der Waals surface area (Å²) in [6.07, 6.45) is 0. The summed E-state index contributed by atoms with van der Waals surface area (Å²) in [5.41, 5.74) is 1.96. The van der Waals surface area contributed by atoms with Gasteiger partial charge in [0.25, 0.3) is 0 Å². The molecule has 0 radical (unpaired) electrons. The van der Waals surface area contributed by atoms with Crippen molar-refractivity contribution in [1.29, 1.82) is 0 Å². The molecule has 1 nitrogen and oxygen atoms in total. The minimum atomic E-state index is -2.71. The van der Waals surface area contributed by atoms with E-state index in [1.807, 2.05) is 48.5 Å². The van der Waals surface area contributed by atoms with Crippen LogP contribution in [0.5, 0.6) is 0 Å². The number of benzene rings is 2. The first-order valence-electron chi connectivity index (χ1n) is 5.65. The molecular weight excluding hydrogens is 374 g/mol. The van der Waals surface area contributed by atoms with Crippen LogP contribution in [0.25, 0.3) is 0 Å². The second-order valence-corrected chi connectivity index (χ2v) is 9.98. The van der Waals surface area contributed by atoms with Crippen molar-refractivity contribution >= 4 is 42.9 Å². The van der Waals surface area contributed by atoms with Crippen molar-refractivity contribution in [2.75, 3.05) is 0 Å². The SMILES string of the molecule is [O]=[Sn]([CH2]c1ccccc1Cl)[CH2]c1ccccc1Cl. The molecule has 2 aromatic rings. The topological polar surface area (TPSA) is 17.1 Å². The number of hydrogen-bond acceptors (Lipinski definition) is 1. The minimum absolute atomic E-state index is 0.618. The van der Waals surface area contributed by atoms with Gasteiger partial charge in [0.15, 0.2) is 0 Å². The van der Waals surface area contributed by atoms with E-state index in [-0.39, 0.29) is 0 Å². The Balaban J connectivity index is 2.06. The number of rotatable bonds is 4. The van der Waals surface area contributed by atoms with Crippen LogP contribution in [0.4, 0.5) is 0 Å². The molecule has 0 amide bonds. The van der Waals surface area contributed by atoms with Crippen molar-refractivity contribution < 1.29 is 3.08 Å². The van der Waals surface area contributed by atoms with Crippen LogP contribution in [0.15, 0.2) is 48.5 Å². The van der Waals surface area contributed by atoms with E-state index in [0.717, 1.165) is 11.1 Å². The van der Waals surface area contributed by atoms with Gasteiger partial charge < -0.3 is 0 Å². The summed E-state index contributed by atoms with van der Waals surface area (Å²) in [6.45, 7) is 0. The molecule has 0 atom stereocenters. The summed E-state index contributed by atoms with van der Waals surface area (Å²) in [6, 6.07) is 15.2. The second-order valence-electron chi connectivity index (χ2n) is 4.08. The van der Waals surface area contributed by atoms with Gasteiger partial charge in [0.05, 0.1) is 0 Å². The fraction of sp³-hybridized carbons (Fsp3) is 0.143. The molecule has 0 spiro atoms. The molecule has 0 unspecified atom stereocenters. The Morgan fingerprint density at radius 2 is 1.17 bits per heavy atom. The Labute approximate surface area is 124 Å². The Morgan fingerprint density at radius 1 is 0.778 bits per heavy atom. The second kappa shape index (κ2) is 6.69. The summed E-state index contributed by atoms with van der Waals surface area (Å²) in [4.78, 5) is 0. The molecule has 0 aliphatic carbocycles. The van der Waals surface area contributed by atoms with E-state index in [2.05, 4.69) is 0 Å². The van der Waals surface area contributed by atoms with Gasteiger partial charge in [-0.3, -0.25) is 0 Å². The molecule has 0 saturated heterocycles. The zero-order chi connectivity index (χ0) is 13.0. The Kier molecular flexibility index (Phi) is 5.22. The third-order valence-corrected chi connectivity index (χ3v) is 7.85. The Bertz CT molecular complexity index is 520. The monoisotopic (exact) mass is 386 g/mol. The third-order valence-electron chi connectivity index (χ3n) is 2.69. The average molecular weight is 386 g/mol. The van der Waals surface area contributed by atoms with E-state index in [1.54, 1.807) is 0 Å². The van der Waals surface area contributed by atoms with E-state index < -0.39 is 19.7 Å². The molecule has 92 valence electrons.